The average Bonchev–Trinajstić information content (AvgIpc) is 3.03. The Morgan fingerprint density at radius 2 is 1.96 bits per heavy atom. The summed E-state index contributed by atoms with van der Waals surface area (Å²) < 4.78 is 31.8. The van der Waals surface area contributed by atoms with Crippen LogP contribution in [-0.4, -0.2) is 18.0 Å². The second-order valence-corrected chi connectivity index (χ2v) is 6.35. The monoisotopic (exact) mass is 360 g/mol. The van der Waals surface area contributed by atoms with Gasteiger partial charge in [0.1, 0.15) is 17.4 Å². The van der Waals surface area contributed by atoms with Crippen molar-refractivity contribution in [2.75, 3.05) is 12.4 Å². The van der Waals surface area contributed by atoms with E-state index in [9.17, 15) is 13.6 Å². The van der Waals surface area contributed by atoms with Crippen molar-refractivity contribution in [3.63, 3.8) is 0 Å². The van der Waals surface area contributed by atoms with E-state index < -0.39 is 11.7 Å². The molecule has 0 saturated heterocycles. The van der Waals surface area contributed by atoms with E-state index in [1.165, 1.54) is 42.7 Å². The molecule has 1 amide bonds. The molecule has 0 saturated carbocycles. The molecule has 0 aliphatic heterocycles. The zero-order chi connectivity index (χ0) is 17.8. The molecule has 3 aromatic rings. The predicted molar refractivity (Wildman–Crippen MR) is 92.2 cm³/mol. The Morgan fingerprint density at radius 3 is 2.64 bits per heavy atom. The topological polar surface area (TPSA) is 51.2 Å². The molecular formula is C18H14F2N2O2S. The molecule has 0 unspecified atom stereocenters. The van der Waals surface area contributed by atoms with Gasteiger partial charge in [0.25, 0.3) is 5.91 Å². The maximum Gasteiger partial charge on any atom is 0.260 e. The summed E-state index contributed by atoms with van der Waals surface area (Å²) in [6, 6.07) is 10.2. The third-order valence-corrected chi connectivity index (χ3v) is 4.40. The van der Waals surface area contributed by atoms with Gasteiger partial charge in [-0.3, -0.25) is 10.1 Å². The van der Waals surface area contributed by atoms with Crippen LogP contribution in [0, 0.1) is 11.6 Å². The van der Waals surface area contributed by atoms with E-state index in [4.69, 9.17) is 4.74 Å². The minimum absolute atomic E-state index is 0.0870. The van der Waals surface area contributed by atoms with E-state index in [-0.39, 0.29) is 11.4 Å². The number of carbonyl (C=O) groups excluding carboxylic acids is 1. The van der Waals surface area contributed by atoms with E-state index in [1.54, 1.807) is 18.3 Å². The molecule has 0 fully saturated rings. The molecule has 1 aromatic heterocycles. The highest BCUT2D eigenvalue weighted by Gasteiger charge is 2.14. The van der Waals surface area contributed by atoms with Crippen LogP contribution >= 0.6 is 11.3 Å². The van der Waals surface area contributed by atoms with Crippen LogP contribution in [-0.2, 0) is 6.42 Å². The second-order valence-electron chi connectivity index (χ2n) is 5.23. The van der Waals surface area contributed by atoms with Crippen molar-refractivity contribution in [2.24, 2.45) is 0 Å². The number of hydrogen-bond donors (Lipinski definition) is 1. The molecule has 0 aliphatic carbocycles. The lowest BCUT2D eigenvalue weighted by Crippen LogP contribution is -2.13. The van der Waals surface area contributed by atoms with Gasteiger partial charge in [0.15, 0.2) is 5.13 Å². The third kappa shape index (κ3) is 4.19. The number of methoxy groups -OCH3 is 1. The highest BCUT2D eigenvalue weighted by atomic mass is 32.1. The lowest BCUT2D eigenvalue weighted by atomic mass is 10.1. The molecule has 4 nitrogen and oxygen atoms in total. The van der Waals surface area contributed by atoms with E-state index in [2.05, 4.69) is 10.3 Å². The maximum atomic E-state index is 13.9. The summed E-state index contributed by atoms with van der Waals surface area (Å²) in [5.41, 5.74) is 0.847. The SMILES string of the molecule is COc1ccc(C(=O)Nc2ncc(Cc3ccc(F)cc3)s2)c(F)c1. The van der Waals surface area contributed by atoms with Crippen LogP contribution < -0.4 is 10.1 Å². The Labute approximate surface area is 147 Å². The highest BCUT2D eigenvalue weighted by molar-refractivity contribution is 7.15. The van der Waals surface area contributed by atoms with Crippen molar-refractivity contribution < 1.29 is 18.3 Å². The van der Waals surface area contributed by atoms with Gasteiger partial charge in [-0.05, 0) is 29.8 Å². The van der Waals surface area contributed by atoms with Gasteiger partial charge < -0.3 is 4.74 Å². The van der Waals surface area contributed by atoms with Crippen molar-refractivity contribution in [3.05, 3.63) is 76.3 Å². The van der Waals surface area contributed by atoms with Crippen LogP contribution in [0.3, 0.4) is 0 Å². The van der Waals surface area contributed by atoms with Gasteiger partial charge >= 0.3 is 0 Å². The second kappa shape index (κ2) is 7.40. The molecule has 3 rings (SSSR count). The van der Waals surface area contributed by atoms with Crippen molar-refractivity contribution in [3.8, 4) is 5.75 Å². The number of hydrogen-bond acceptors (Lipinski definition) is 4. The molecule has 2 aromatic carbocycles. The first-order valence-electron chi connectivity index (χ1n) is 7.39. The standard InChI is InChI=1S/C18H14F2N2O2S/c1-24-13-6-7-15(16(20)9-13)17(23)22-18-21-10-14(25-18)8-11-2-4-12(19)5-3-11/h2-7,9-10H,8H2,1H3,(H,21,22,23). The van der Waals surface area contributed by atoms with Crippen molar-refractivity contribution in [1.29, 1.82) is 0 Å². The summed E-state index contributed by atoms with van der Waals surface area (Å²) in [5, 5.41) is 2.95. The molecular weight excluding hydrogens is 346 g/mol. The number of aromatic nitrogens is 1. The van der Waals surface area contributed by atoms with Crippen LogP contribution in [0.5, 0.6) is 5.75 Å². The quantitative estimate of drug-likeness (QED) is 0.739. The number of amides is 1. The van der Waals surface area contributed by atoms with Gasteiger partial charge in [-0.2, -0.15) is 0 Å². The fraction of sp³-hybridized carbons (Fsp3) is 0.111. The van der Waals surface area contributed by atoms with Gasteiger partial charge in [-0.1, -0.05) is 12.1 Å². The minimum Gasteiger partial charge on any atom is -0.497 e. The Bertz CT molecular complexity index is 894. The van der Waals surface area contributed by atoms with Gasteiger partial charge in [0.05, 0.1) is 12.7 Å². The summed E-state index contributed by atoms with van der Waals surface area (Å²) in [5.74, 6) is -1.20. The van der Waals surface area contributed by atoms with E-state index >= 15 is 0 Å². The zero-order valence-corrected chi connectivity index (χ0v) is 14.1. The fourth-order valence-corrected chi connectivity index (χ4v) is 3.06. The van der Waals surface area contributed by atoms with E-state index in [0.717, 1.165) is 16.5 Å². The van der Waals surface area contributed by atoms with Gasteiger partial charge in [0, 0.05) is 23.6 Å². The average molecular weight is 360 g/mol. The molecule has 0 aliphatic rings. The number of thiazole rings is 1. The number of nitrogens with one attached hydrogen (secondary N) is 1. The predicted octanol–water partition coefficient (Wildman–Crippen LogP) is 4.27. The van der Waals surface area contributed by atoms with Gasteiger partial charge in [0.2, 0.25) is 0 Å². The number of anilines is 1. The Morgan fingerprint density at radius 1 is 1.20 bits per heavy atom. The number of benzene rings is 2. The van der Waals surface area contributed by atoms with Crippen molar-refractivity contribution >= 4 is 22.4 Å². The first-order chi connectivity index (χ1) is 12.0. The molecule has 0 spiro atoms. The van der Waals surface area contributed by atoms with E-state index in [1.807, 2.05) is 0 Å². The molecule has 25 heavy (non-hydrogen) atoms. The van der Waals surface area contributed by atoms with Crippen LogP contribution in [0.2, 0.25) is 0 Å². The third-order valence-electron chi connectivity index (χ3n) is 3.49. The highest BCUT2D eigenvalue weighted by Crippen LogP contribution is 2.23. The molecule has 1 heterocycles. The smallest absolute Gasteiger partial charge is 0.260 e. The van der Waals surface area contributed by atoms with E-state index in [0.29, 0.717) is 17.3 Å². The fourth-order valence-electron chi connectivity index (χ4n) is 2.22. The Kier molecular flexibility index (Phi) is 5.04. The summed E-state index contributed by atoms with van der Waals surface area (Å²) in [6.45, 7) is 0. The van der Waals surface area contributed by atoms with Crippen LogP contribution in [0.15, 0.2) is 48.7 Å². The molecule has 7 heteroatoms. The maximum absolute atomic E-state index is 13.9. The summed E-state index contributed by atoms with van der Waals surface area (Å²) in [6.07, 6.45) is 2.21. The number of carbonyl (C=O) groups is 1. The van der Waals surface area contributed by atoms with Crippen LogP contribution in [0.25, 0.3) is 0 Å². The van der Waals surface area contributed by atoms with Crippen LogP contribution in [0.1, 0.15) is 20.8 Å². The first kappa shape index (κ1) is 17.0. The Balaban J connectivity index is 1.68. The summed E-state index contributed by atoms with van der Waals surface area (Å²) in [7, 11) is 1.42. The van der Waals surface area contributed by atoms with Crippen molar-refractivity contribution in [1.82, 2.24) is 4.98 Å². The van der Waals surface area contributed by atoms with Gasteiger partial charge in [-0.25, -0.2) is 13.8 Å². The minimum atomic E-state index is -0.667. The number of ether oxygens (including phenoxy) is 1. The normalized spacial score (nSPS) is 10.5. The Hall–Kier alpha value is -2.80. The molecule has 128 valence electrons. The number of nitrogens with zero attached hydrogens (tertiary/aromatic N) is 1. The first-order valence-corrected chi connectivity index (χ1v) is 8.21. The number of rotatable bonds is 5. The zero-order valence-electron chi connectivity index (χ0n) is 13.3. The molecule has 0 atom stereocenters. The summed E-state index contributed by atoms with van der Waals surface area (Å²) in [4.78, 5) is 17.2. The van der Waals surface area contributed by atoms with Crippen LogP contribution in [0.4, 0.5) is 13.9 Å². The summed E-state index contributed by atoms with van der Waals surface area (Å²) >= 11 is 1.28. The lowest BCUT2D eigenvalue weighted by molar-refractivity contribution is 0.102. The molecule has 0 bridgehead atoms. The lowest BCUT2D eigenvalue weighted by Gasteiger charge is -2.05. The largest absolute Gasteiger partial charge is 0.497 e. The number of halogens is 2. The molecule has 1 N–H and O–H groups in total. The molecule has 0 radical (unpaired) electrons. The van der Waals surface area contributed by atoms with Gasteiger partial charge in [-0.15, -0.1) is 11.3 Å². The van der Waals surface area contributed by atoms with Crippen molar-refractivity contribution in [2.45, 2.75) is 6.42 Å².